The fraction of sp³-hybridized carbons (Fsp3) is 0.680. The van der Waals surface area contributed by atoms with Crippen molar-refractivity contribution in [3.63, 3.8) is 0 Å². The fourth-order valence-electron chi connectivity index (χ4n) is 4.93. The van der Waals surface area contributed by atoms with Crippen molar-refractivity contribution in [1.29, 1.82) is 0 Å². The number of carbonyl (C=O) groups is 3. The third kappa shape index (κ3) is 7.88. The van der Waals surface area contributed by atoms with Crippen molar-refractivity contribution in [3.05, 3.63) is 23.7 Å². The lowest BCUT2D eigenvalue weighted by atomic mass is 9.64. The van der Waals surface area contributed by atoms with E-state index in [1.807, 2.05) is 27.7 Å². The molecule has 2 aliphatic carbocycles. The molecule has 6 N–H and O–H groups in total. The summed E-state index contributed by atoms with van der Waals surface area (Å²) in [6, 6.07) is -0.0765. The molecule has 2 bridgehead atoms. The van der Waals surface area contributed by atoms with Gasteiger partial charge in [0.1, 0.15) is 0 Å². The van der Waals surface area contributed by atoms with Crippen molar-refractivity contribution in [2.75, 3.05) is 6.61 Å². The van der Waals surface area contributed by atoms with Crippen molar-refractivity contribution < 1.29 is 29.6 Å². The van der Waals surface area contributed by atoms with Gasteiger partial charge in [-0.15, -0.1) is 0 Å². The number of carbonyl (C=O) groups excluding carboxylic acids is 2. The number of amides is 2. The molecule has 9 nitrogen and oxygen atoms in total. The molecule has 0 heterocycles. The molecule has 0 aromatic heterocycles. The molecule has 0 aliphatic heterocycles. The summed E-state index contributed by atoms with van der Waals surface area (Å²) in [7, 11) is 0. The Morgan fingerprint density at radius 1 is 1.18 bits per heavy atom. The van der Waals surface area contributed by atoms with Crippen LogP contribution in [0.4, 0.5) is 0 Å². The molecule has 0 radical (unpaired) electrons. The van der Waals surface area contributed by atoms with E-state index >= 15 is 0 Å². The Morgan fingerprint density at radius 2 is 1.79 bits per heavy atom. The standard InChI is InChI=1S/C25H40N4O5/c1-15(2)14-34-23(27-10-9-25(4,5)29-16(3)30)20(13-26)22(31)28-21-17-7-6-8-18(21)12-19(11-17)24(32)33/h9-10,13,15,17-19,21,26-27H,6-8,11-12,14H2,1-5H3,(H,28,31)(H,29,30)(H,32,33)/p+1/b10-9+,23-20-,26-13?. The molecule has 2 atom stereocenters. The second-order valence-electron chi connectivity index (χ2n) is 10.5. The first-order valence-electron chi connectivity index (χ1n) is 12.1. The Morgan fingerprint density at radius 3 is 2.29 bits per heavy atom. The van der Waals surface area contributed by atoms with Gasteiger partial charge in [-0.3, -0.25) is 19.8 Å². The molecule has 2 unspecified atom stereocenters. The van der Waals surface area contributed by atoms with Gasteiger partial charge in [0.25, 0.3) is 5.91 Å². The highest BCUT2D eigenvalue weighted by Gasteiger charge is 2.43. The van der Waals surface area contributed by atoms with Gasteiger partial charge >= 0.3 is 5.97 Å². The van der Waals surface area contributed by atoms with E-state index in [1.165, 1.54) is 13.1 Å². The van der Waals surface area contributed by atoms with Crippen molar-refractivity contribution in [2.24, 2.45) is 23.7 Å². The fourth-order valence-corrected chi connectivity index (χ4v) is 4.93. The first-order chi connectivity index (χ1) is 15.9. The van der Waals surface area contributed by atoms with Crippen LogP contribution in [0.3, 0.4) is 0 Å². The maximum atomic E-state index is 13.3. The number of ether oxygens (including phenoxy) is 1. The van der Waals surface area contributed by atoms with Crippen LogP contribution in [-0.2, 0) is 19.1 Å². The van der Waals surface area contributed by atoms with E-state index in [1.54, 1.807) is 12.3 Å². The quantitative estimate of drug-likeness (QED) is 0.171. The maximum absolute atomic E-state index is 13.3. The number of hydrogen-bond donors (Lipinski definition) is 5. The number of rotatable bonds is 11. The molecule has 2 saturated carbocycles. The largest absolute Gasteiger partial charge is 0.481 e. The second kappa shape index (κ2) is 12.0. The monoisotopic (exact) mass is 477 g/mol. The van der Waals surface area contributed by atoms with Crippen molar-refractivity contribution in [2.45, 2.75) is 78.3 Å². The minimum atomic E-state index is -0.750. The highest BCUT2D eigenvalue weighted by atomic mass is 16.5. The zero-order valence-corrected chi connectivity index (χ0v) is 21.0. The Bertz CT molecular complexity index is 819. The number of fused-ring (bicyclic) bond motifs is 2. The van der Waals surface area contributed by atoms with Gasteiger partial charge in [-0.05, 0) is 63.4 Å². The number of nitrogens with two attached hydrogens (primary N) is 1. The third-order valence-electron chi connectivity index (χ3n) is 6.42. The predicted molar refractivity (Wildman–Crippen MR) is 129 cm³/mol. The number of nitrogens with one attached hydrogen (secondary N) is 3. The highest BCUT2D eigenvalue weighted by Crippen LogP contribution is 2.43. The molecule has 0 saturated heterocycles. The van der Waals surface area contributed by atoms with Gasteiger partial charge in [0, 0.05) is 19.2 Å². The van der Waals surface area contributed by atoms with E-state index in [2.05, 4.69) is 16.0 Å². The molecular formula is C25H41N4O5+. The van der Waals surface area contributed by atoms with E-state index in [4.69, 9.17) is 10.1 Å². The predicted octanol–water partition coefficient (Wildman–Crippen LogP) is 1.11. The summed E-state index contributed by atoms with van der Waals surface area (Å²) in [5, 5.41) is 24.3. The molecule has 2 rings (SSSR count). The molecule has 9 heteroatoms. The van der Waals surface area contributed by atoms with Crippen LogP contribution in [0.15, 0.2) is 23.7 Å². The molecule has 34 heavy (non-hydrogen) atoms. The SMILES string of the molecule is CC(=O)NC(C)(C)/C=C/N/C(OCC(C)C)=C(\C=[NH2+])C(=O)NC1C2CCCC1CC(C(=O)O)C2. The van der Waals surface area contributed by atoms with Crippen LogP contribution < -0.4 is 21.4 Å². The third-order valence-corrected chi connectivity index (χ3v) is 6.42. The summed E-state index contributed by atoms with van der Waals surface area (Å²) in [6.07, 6.45) is 8.64. The van der Waals surface area contributed by atoms with Crippen molar-refractivity contribution in [3.8, 4) is 0 Å². The van der Waals surface area contributed by atoms with Crippen LogP contribution in [0, 0.1) is 23.7 Å². The zero-order valence-electron chi connectivity index (χ0n) is 21.0. The topological polar surface area (TPSA) is 142 Å². The molecule has 190 valence electrons. The van der Waals surface area contributed by atoms with Gasteiger partial charge in [0.2, 0.25) is 11.8 Å². The number of carboxylic acid groups (broad SMARTS) is 1. The van der Waals surface area contributed by atoms with Crippen molar-refractivity contribution >= 4 is 24.0 Å². The number of aliphatic carboxylic acids is 1. The Hall–Kier alpha value is -2.84. The van der Waals surface area contributed by atoms with Gasteiger partial charge in [0.15, 0.2) is 11.8 Å². The lowest BCUT2D eigenvalue weighted by Crippen LogP contribution is -2.53. The summed E-state index contributed by atoms with van der Waals surface area (Å²) in [6.45, 7) is 9.53. The molecule has 2 amide bonds. The summed E-state index contributed by atoms with van der Waals surface area (Å²) >= 11 is 0. The van der Waals surface area contributed by atoms with Gasteiger partial charge < -0.3 is 25.8 Å². The van der Waals surface area contributed by atoms with Gasteiger partial charge in [-0.2, -0.15) is 0 Å². The molecular weight excluding hydrogens is 436 g/mol. The maximum Gasteiger partial charge on any atom is 0.306 e. The lowest BCUT2D eigenvalue weighted by molar-refractivity contribution is -0.145. The van der Waals surface area contributed by atoms with Gasteiger partial charge in [0.05, 0.1) is 18.1 Å². The average molecular weight is 478 g/mol. The van der Waals surface area contributed by atoms with Crippen LogP contribution in [0.2, 0.25) is 0 Å². The Labute approximate surface area is 202 Å². The molecule has 0 aromatic carbocycles. The molecule has 2 fully saturated rings. The summed E-state index contributed by atoms with van der Waals surface area (Å²) in [5.41, 5.74) is -0.419. The van der Waals surface area contributed by atoms with E-state index in [0.29, 0.717) is 19.4 Å². The molecule has 0 aromatic rings. The summed E-state index contributed by atoms with van der Waals surface area (Å²) < 4.78 is 5.89. The van der Waals surface area contributed by atoms with Crippen LogP contribution in [0.1, 0.15) is 66.7 Å². The van der Waals surface area contributed by atoms with Crippen LogP contribution in [0.5, 0.6) is 0 Å². The van der Waals surface area contributed by atoms with E-state index in [9.17, 15) is 19.5 Å². The smallest absolute Gasteiger partial charge is 0.306 e. The Kier molecular flexibility index (Phi) is 9.70. The van der Waals surface area contributed by atoms with E-state index < -0.39 is 11.5 Å². The van der Waals surface area contributed by atoms with Crippen LogP contribution in [0.25, 0.3) is 0 Å². The van der Waals surface area contributed by atoms with Crippen LogP contribution in [-0.4, -0.2) is 47.3 Å². The van der Waals surface area contributed by atoms with Gasteiger partial charge in [-0.25, -0.2) is 0 Å². The minimum absolute atomic E-state index is 0.0765. The zero-order chi connectivity index (χ0) is 25.5. The van der Waals surface area contributed by atoms with Gasteiger partial charge in [-0.1, -0.05) is 20.3 Å². The normalized spacial score (nSPS) is 25.4. The lowest BCUT2D eigenvalue weighted by Gasteiger charge is -2.45. The van der Waals surface area contributed by atoms with E-state index in [-0.39, 0.29) is 53.0 Å². The summed E-state index contributed by atoms with van der Waals surface area (Å²) in [5.74, 6) is -0.856. The van der Waals surface area contributed by atoms with E-state index in [0.717, 1.165) is 19.3 Å². The first kappa shape index (κ1) is 27.4. The summed E-state index contributed by atoms with van der Waals surface area (Å²) in [4.78, 5) is 36.2. The second-order valence-corrected chi connectivity index (χ2v) is 10.5. The number of hydrogen-bond acceptors (Lipinski definition) is 5. The highest BCUT2D eigenvalue weighted by molar-refractivity contribution is 6.11. The Balaban J connectivity index is 2.21. The first-order valence-corrected chi connectivity index (χ1v) is 12.1. The average Bonchev–Trinajstić information content (AvgIpc) is 2.70. The molecule has 2 aliphatic rings. The number of carboxylic acids is 1. The van der Waals surface area contributed by atoms with Crippen molar-refractivity contribution in [1.82, 2.24) is 16.0 Å². The minimum Gasteiger partial charge on any atom is -0.481 e. The van der Waals surface area contributed by atoms with Crippen LogP contribution >= 0.6 is 0 Å². The molecule has 0 spiro atoms.